The van der Waals surface area contributed by atoms with E-state index in [4.69, 9.17) is 14.2 Å². The van der Waals surface area contributed by atoms with Crippen LogP contribution in [0, 0.1) is 5.41 Å². The average molecular weight is 543 g/mol. The number of likely N-dealkylation sites (tertiary alicyclic amines) is 1. The lowest BCUT2D eigenvalue weighted by molar-refractivity contribution is 0.0361. The molecule has 40 heavy (non-hydrogen) atoms. The zero-order valence-corrected chi connectivity index (χ0v) is 23.9. The minimum Gasteiger partial charge on any atom is -0.497 e. The molecule has 3 aromatic rings. The molecule has 1 fully saturated rings. The number of nitrogens with zero attached hydrogens (tertiary/aromatic N) is 2. The van der Waals surface area contributed by atoms with Crippen molar-refractivity contribution >= 4 is 5.91 Å². The molecule has 2 aliphatic heterocycles. The van der Waals surface area contributed by atoms with Crippen LogP contribution < -0.4 is 14.2 Å². The Morgan fingerprint density at radius 2 is 1.50 bits per heavy atom. The van der Waals surface area contributed by atoms with Crippen molar-refractivity contribution in [1.29, 1.82) is 0 Å². The molecule has 1 saturated heterocycles. The number of rotatable bonds is 5. The van der Waals surface area contributed by atoms with Crippen LogP contribution >= 0.6 is 0 Å². The third kappa shape index (κ3) is 6.97. The largest absolute Gasteiger partial charge is 0.497 e. The van der Waals surface area contributed by atoms with E-state index in [1.807, 2.05) is 41.3 Å². The molecule has 2 aliphatic rings. The van der Waals surface area contributed by atoms with Crippen LogP contribution in [0.4, 0.5) is 0 Å². The molecule has 212 valence electrons. The van der Waals surface area contributed by atoms with Crippen LogP contribution in [-0.4, -0.2) is 62.7 Å². The number of benzene rings is 3. The van der Waals surface area contributed by atoms with E-state index >= 15 is 0 Å². The summed E-state index contributed by atoms with van der Waals surface area (Å²) in [6, 6.07) is 24.4. The standard InChI is InChI=1S/C34H42N2O4/c1-38-30-14-10-27(11-15-30)25-35-23-24-40-32-9-4-3-7-28(32)8-5-6-18-34(26-35)19-21-36(22-20-34)33(37)29-12-16-31(39-2)17-13-29/h3-4,7,9-17H,5-6,8,18-26H2,1-2H3. The molecule has 0 N–H and O–H groups in total. The number of carbonyl (C=O) groups is 1. The lowest BCUT2D eigenvalue weighted by Crippen LogP contribution is -2.48. The Bertz CT molecular complexity index is 1230. The Balaban J connectivity index is 1.32. The SMILES string of the molecule is COc1ccc(CN2CCOc3ccccc3CCCCC3(CCN(C(=O)c4ccc(OC)cc4)CC3)C2)cc1. The first-order valence-electron chi connectivity index (χ1n) is 14.6. The topological polar surface area (TPSA) is 51.2 Å². The number of carbonyl (C=O) groups excluding carboxylic acids is 1. The summed E-state index contributed by atoms with van der Waals surface area (Å²) in [6.07, 6.45) is 6.59. The average Bonchev–Trinajstić information content (AvgIpc) is 3.00. The number of amides is 1. The van der Waals surface area contributed by atoms with Crippen molar-refractivity contribution in [3.63, 3.8) is 0 Å². The van der Waals surface area contributed by atoms with Crippen molar-refractivity contribution in [3.05, 3.63) is 89.5 Å². The second-order valence-corrected chi connectivity index (χ2v) is 11.2. The summed E-state index contributed by atoms with van der Waals surface area (Å²) in [5.41, 5.74) is 3.49. The molecule has 1 amide bonds. The zero-order valence-electron chi connectivity index (χ0n) is 23.9. The van der Waals surface area contributed by atoms with E-state index in [0.717, 1.165) is 81.2 Å². The van der Waals surface area contributed by atoms with Crippen molar-refractivity contribution in [2.45, 2.75) is 45.1 Å². The molecule has 0 aliphatic carbocycles. The first kappa shape index (κ1) is 28.0. The van der Waals surface area contributed by atoms with E-state index in [-0.39, 0.29) is 11.3 Å². The van der Waals surface area contributed by atoms with Crippen molar-refractivity contribution < 1.29 is 19.0 Å². The molecule has 5 rings (SSSR count). The van der Waals surface area contributed by atoms with Crippen LogP contribution in [0.25, 0.3) is 0 Å². The van der Waals surface area contributed by atoms with E-state index in [1.54, 1.807) is 14.2 Å². The molecule has 6 nitrogen and oxygen atoms in total. The summed E-state index contributed by atoms with van der Waals surface area (Å²) in [7, 11) is 3.35. The van der Waals surface area contributed by atoms with Gasteiger partial charge >= 0.3 is 0 Å². The number of hydrogen-bond acceptors (Lipinski definition) is 5. The zero-order chi connectivity index (χ0) is 27.8. The smallest absolute Gasteiger partial charge is 0.253 e. The number of aryl methyl sites for hydroxylation is 1. The Hall–Kier alpha value is -3.51. The minimum absolute atomic E-state index is 0.116. The van der Waals surface area contributed by atoms with Crippen LogP contribution in [0.2, 0.25) is 0 Å². The lowest BCUT2D eigenvalue weighted by Gasteiger charge is -2.45. The van der Waals surface area contributed by atoms with Gasteiger partial charge in [-0.2, -0.15) is 0 Å². The van der Waals surface area contributed by atoms with Gasteiger partial charge in [0.1, 0.15) is 23.9 Å². The monoisotopic (exact) mass is 542 g/mol. The van der Waals surface area contributed by atoms with Crippen molar-refractivity contribution in [2.24, 2.45) is 5.41 Å². The van der Waals surface area contributed by atoms with Gasteiger partial charge in [0.05, 0.1) is 14.2 Å². The van der Waals surface area contributed by atoms with Crippen molar-refractivity contribution in [2.75, 3.05) is 47.0 Å². The molecule has 0 aromatic heterocycles. The van der Waals surface area contributed by atoms with Crippen LogP contribution in [0.15, 0.2) is 72.8 Å². The normalized spacial score (nSPS) is 18.1. The number of methoxy groups -OCH3 is 2. The fourth-order valence-corrected chi connectivity index (χ4v) is 6.22. The van der Waals surface area contributed by atoms with E-state index in [2.05, 4.69) is 41.3 Å². The van der Waals surface area contributed by atoms with Crippen molar-refractivity contribution in [1.82, 2.24) is 9.80 Å². The number of piperidine rings is 1. The number of fused-ring (bicyclic) bond motifs is 1. The quantitative estimate of drug-likeness (QED) is 0.382. The predicted molar refractivity (Wildman–Crippen MR) is 158 cm³/mol. The molecule has 3 aromatic carbocycles. The summed E-state index contributed by atoms with van der Waals surface area (Å²) >= 11 is 0. The summed E-state index contributed by atoms with van der Waals surface area (Å²) in [4.78, 5) is 17.9. The van der Waals surface area contributed by atoms with Gasteiger partial charge in [0.25, 0.3) is 5.91 Å². The highest BCUT2D eigenvalue weighted by molar-refractivity contribution is 5.94. The summed E-state index contributed by atoms with van der Waals surface area (Å²) in [5, 5.41) is 0. The first-order chi connectivity index (χ1) is 19.6. The third-order valence-corrected chi connectivity index (χ3v) is 8.61. The molecule has 0 radical (unpaired) electrons. The molecule has 0 atom stereocenters. The van der Waals surface area contributed by atoms with Crippen LogP contribution in [0.1, 0.15) is 53.6 Å². The fraction of sp³-hybridized carbons (Fsp3) is 0.441. The summed E-state index contributed by atoms with van der Waals surface area (Å²) < 4.78 is 17.0. The Morgan fingerprint density at radius 3 is 2.20 bits per heavy atom. The van der Waals surface area contributed by atoms with Gasteiger partial charge in [0.2, 0.25) is 0 Å². The second-order valence-electron chi connectivity index (χ2n) is 11.2. The van der Waals surface area contributed by atoms with Crippen LogP contribution in [0.5, 0.6) is 17.2 Å². The molecule has 1 spiro atoms. The van der Waals surface area contributed by atoms with E-state index in [1.165, 1.54) is 24.0 Å². The number of hydrogen-bond donors (Lipinski definition) is 0. The molecule has 0 saturated carbocycles. The highest BCUT2D eigenvalue weighted by Crippen LogP contribution is 2.39. The highest BCUT2D eigenvalue weighted by atomic mass is 16.5. The van der Waals surface area contributed by atoms with E-state index in [0.29, 0.717) is 6.61 Å². The molecule has 0 bridgehead atoms. The summed E-state index contributed by atoms with van der Waals surface area (Å²) in [5.74, 6) is 2.78. The van der Waals surface area contributed by atoms with Gasteiger partial charge in [-0.3, -0.25) is 9.69 Å². The Labute approximate surface area is 238 Å². The lowest BCUT2D eigenvalue weighted by atomic mass is 9.73. The first-order valence-corrected chi connectivity index (χ1v) is 14.6. The Morgan fingerprint density at radius 1 is 0.825 bits per heavy atom. The molecule has 0 unspecified atom stereocenters. The van der Waals surface area contributed by atoms with Gasteiger partial charge in [-0.1, -0.05) is 36.8 Å². The van der Waals surface area contributed by atoms with Gasteiger partial charge in [0.15, 0.2) is 0 Å². The van der Waals surface area contributed by atoms with Gasteiger partial charge in [-0.15, -0.1) is 0 Å². The number of para-hydroxylation sites is 1. The molecule has 2 heterocycles. The summed E-state index contributed by atoms with van der Waals surface area (Å²) in [6.45, 7) is 4.98. The molecular formula is C34H42N2O4. The highest BCUT2D eigenvalue weighted by Gasteiger charge is 2.37. The van der Waals surface area contributed by atoms with E-state index < -0.39 is 0 Å². The Kier molecular flexibility index (Phi) is 9.27. The third-order valence-electron chi connectivity index (χ3n) is 8.61. The number of ether oxygens (including phenoxy) is 3. The second kappa shape index (κ2) is 13.2. The fourth-order valence-electron chi connectivity index (χ4n) is 6.22. The molecule has 6 heteroatoms. The maximum atomic E-state index is 13.3. The van der Waals surface area contributed by atoms with E-state index in [9.17, 15) is 4.79 Å². The predicted octanol–water partition coefficient (Wildman–Crippen LogP) is 6.23. The van der Waals surface area contributed by atoms with Crippen LogP contribution in [0.3, 0.4) is 0 Å². The minimum atomic E-state index is 0.116. The van der Waals surface area contributed by atoms with Gasteiger partial charge in [-0.05, 0) is 91.1 Å². The van der Waals surface area contributed by atoms with Gasteiger partial charge < -0.3 is 19.1 Å². The van der Waals surface area contributed by atoms with Crippen molar-refractivity contribution in [3.8, 4) is 17.2 Å². The maximum absolute atomic E-state index is 13.3. The molecular weight excluding hydrogens is 500 g/mol. The maximum Gasteiger partial charge on any atom is 0.253 e. The van der Waals surface area contributed by atoms with Gasteiger partial charge in [-0.25, -0.2) is 0 Å². The van der Waals surface area contributed by atoms with Crippen LogP contribution in [-0.2, 0) is 13.0 Å². The van der Waals surface area contributed by atoms with Gasteiger partial charge in [0, 0.05) is 38.3 Å².